The van der Waals surface area contributed by atoms with Crippen LogP contribution in [0.1, 0.15) is 19.4 Å². The zero-order valence-corrected chi connectivity index (χ0v) is 22.7. The van der Waals surface area contributed by atoms with Crippen LogP contribution in [-0.4, -0.2) is 57.9 Å². The number of methoxy groups -OCH3 is 2. The molecule has 0 spiro atoms. The van der Waals surface area contributed by atoms with Crippen LogP contribution in [0.15, 0.2) is 60.4 Å². The maximum atomic E-state index is 12.6. The fourth-order valence-electron chi connectivity index (χ4n) is 4.85. The maximum Gasteiger partial charge on any atom is 0.264 e. The van der Waals surface area contributed by atoms with Crippen molar-refractivity contribution in [1.29, 1.82) is 0 Å². The van der Waals surface area contributed by atoms with Gasteiger partial charge in [-0.05, 0) is 48.7 Å². The second kappa shape index (κ2) is 10.8. The first-order valence-corrected chi connectivity index (χ1v) is 12.8. The quantitative estimate of drug-likeness (QED) is 0.319. The topological polar surface area (TPSA) is 118 Å². The molecule has 1 fully saturated rings. The summed E-state index contributed by atoms with van der Waals surface area (Å²) in [6, 6.07) is 12.8. The van der Waals surface area contributed by atoms with Crippen LogP contribution in [0, 0.1) is 5.92 Å². The third-order valence-corrected chi connectivity index (χ3v) is 7.15. The molecule has 2 aromatic heterocycles. The first-order chi connectivity index (χ1) is 18.8. The molecule has 2 atom stereocenters. The number of carbonyl (C=O) groups excluding carboxylic acids is 1. The van der Waals surface area contributed by atoms with Gasteiger partial charge in [0.1, 0.15) is 29.3 Å². The van der Waals surface area contributed by atoms with E-state index in [1.165, 1.54) is 6.33 Å². The van der Waals surface area contributed by atoms with Gasteiger partial charge in [-0.15, -0.1) is 0 Å². The highest BCUT2D eigenvalue weighted by Crippen LogP contribution is 2.37. The molecule has 1 amide bonds. The largest absolute Gasteiger partial charge is 0.493 e. The summed E-state index contributed by atoms with van der Waals surface area (Å²) in [5.74, 6) is 2.73. The fourth-order valence-corrected chi connectivity index (χ4v) is 4.97. The van der Waals surface area contributed by atoms with Crippen LogP contribution in [-0.2, 0) is 4.79 Å². The molecule has 39 heavy (non-hydrogen) atoms. The van der Waals surface area contributed by atoms with Gasteiger partial charge in [0.2, 0.25) is 0 Å². The Morgan fingerprint density at radius 2 is 1.79 bits per heavy atom. The van der Waals surface area contributed by atoms with Crippen LogP contribution in [0.4, 0.5) is 5.82 Å². The molecular formula is C28H29ClN6O4. The normalized spacial score (nSPS) is 17.2. The number of aromatic nitrogens is 4. The second-order valence-corrected chi connectivity index (χ2v) is 9.84. The van der Waals surface area contributed by atoms with E-state index in [2.05, 4.69) is 23.5 Å². The van der Waals surface area contributed by atoms with E-state index in [0.717, 1.165) is 12.0 Å². The summed E-state index contributed by atoms with van der Waals surface area (Å²) in [7, 11) is 3.16. The highest BCUT2D eigenvalue weighted by Gasteiger charge is 2.33. The molecule has 2 unspecified atom stereocenters. The molecule has 11 heteroatoms. The lowest BCUT2D eigenvalue weighted by molar-refractivity contribution is -0.128. The number of benzene rings is 2. The number of nitrogens with zero attached hydrogens (tertiary/aromatic N) is 5. The minimum atomic E-state index is -0.274. The van der Waals surface area contributed by atoms with E-state index in [0.29, 0.717) is 58.6 Å². The lowest BCUT2D eigenvalue weighted by atomic mass is 9.93. The van der Waals surface area contributed by atoms with Gasteiger partial charge in [-0.25, -0.2) is 14.6 Å². The maximum absolute atomic E-state index is 12.6. The number of ether oxygens (including phenoxy) is 3. The average molecular weight is 549 g/mol. The molecule has 4 aromatic rings. The fraction of sp³-hybridized carbons (Fsp3) is 0.286. The number of likely N-dealkylation sites (tertiary alicyclic amines) is 1. The van der Waals surface area contributed by atoms with Gasteiger partial charge in [0.25, 0.3) is 5.91 Å². The van der Waals surface area contributed by atoms with Crippen molar-refractivity contribution >= 4 is 34.4 Å². The van der Waals surface area contributed by atoms with Crippen molar-refractivity contribution in [3.63, 3.8) is 0 Å². The van der Waals surface area contributed by atoms with Gasteiger partial charge in [-0.3, -0.25) is 4.79 Å². The number of fused-ring (bicyclic) bond motifs is 1. The zero-order valence-electron chi connectivity index (χ0n) is 21.9. The Balaban J connectivity index is 1.48. The Hall–Kier alpha value is -4.31. The predicted molar refractivity (Wildman–Crippen MR) is 149 cm³/mol. The van der Waals surface area contributed by atoms with Crippen LogP contribution < -0.4 is 19.9 Å². The number of halogens is 1. The standard InChI is InChI=1S/C28H29ClN6O4/c1-16-11-12-34(28(36)17(2)29)14-21(16)35-27-24(26(30)31-15-32-27)25(33-35)18-5-7-19(8-6-18)39-20-9-10-22(37-3)23(13-20)38-4/h5-10,13,15-16,21H,2,11-12,14H2,1,3-4H3,(H2,30,31,32). The average Bonchev–Trinajstić information content (AvgIpc) is 3.34. The molecule has 2 aromatic carbocycles. The number of hydrogen-bond acceptors (Lipinski definition) is 8. The minimum Gasteiger partial charge on any atom is -0.493 e. The summed E-state index contributed by atoms with van der Waals surface area (Å²) in [6.07, 6.45) is 2.22. The molecule has 0 saturated carbocycles. The van der Waals surface area contributed by atoms with Crippen molar-refractivity contribution in [3.05, 3.63) is 60.4 Å². The molecule has 1 aliphatic rings. The third kappa shape index (κ3) is 5.07. The van der Waals surface area contributed by atoms with Gasteiger partial charge in [-0.1, -0.05) is 25.1 Å². The first kappa shape index (κ1) is 26.3. The Morgan fingerprint density at radius 1 is 1.08 bits per heavy atom. The van der Waals surface area contributed by atoms with Crippen LogP contribution in [0.3, 0.4) is 0 Å². The molecule has 2 N–H and O–H groups in total. The number of carbonyl (C=O) groups is 1. The molecule has 10 nitrogen and oxygen atoms in total. The first-order valence-electron chi connectivity index (χ1n) is 12.4. The van der Waals surface area contributed by atoms with Gasteiger partial charge < -0.3 is 24.8 Å². The summed E-state index contributed by atoms with van der Waals surface area (Å²) in [5.41, 5.74) is 8.41. The number of amides is 1. The van der Waals surface area contributed by atoms with Gasteiger partial charge >= 0.3 is 0 Å². The number of nitrogen functional groups attached to an aromatic ring is 1. The van der Waals surface area contributed by atoms with Crippen LogP contribution >= 0.6 is 11.6 Å². The number of hydrogen-bond donors (Lipinski definition) is 1. The summed E-state index contributed by atoms with van der Waals surface area (Å²) < 4.78 is 18.5. The molecule has 5 rings (SSSR count). The summed E-state index contributed by atoms with van der Waals surface area (Å²) >= 11 is 5.92. The van der Waals surface area contributed by atoms with Crippen molar-refractivity contribution < 1.29 is 19.0 Å². The SMILES string of the molecule is C=C(Cl)C(=O)N1CCC(C)C(n2nc(-c3ccc(Oc4ccc(OC)c(OC)c4)cc3)c3c(N)ncnc32)C1. The Bertz CT molecular complexity index is 1540. The number of rotatable bonds is 7. The van der Waals surface area contributed by atoms with E-state index in [4.69, 9.17) is 36.6 Å². The Kier molecular flexibility index (Phi) is 7.30. The lowest BCUT2D eigenvalue weighted by Crippen LogP contribution is -2.44. The minimum absolute atomic E-state index is 0.00345. The van der Waals surface area contributed by atoms with Crippen molar-refractivity contribution in [2.45, 2.75) is 19.4 Å². The van der Waals surface area contributed by atoms with E-state index in [1.807, 2.05) is 28.9 Å². The lowest BCUT2D eigenvalue weighted by Gasteiger charge is -2.37. The van der Waals surface area contributed by atoms with E-state index in [9.17, 15) is 4.79 Å². The third-order valence-electron chi connectivity index (χ3n) is 6.99. The Morgan fingerprint density at radius 3 is 2.49 bits per heavy atom. The van der Waals surface area contributed by atoms with Gasteiger partial charge in [-0.2, -0.15) is 5.10 Å². The number of piperidine rings is 1. The van der Waals surface area contributed by atoms with Crippen LogP contribution in [0.25, 0.3) is 22.3 Å². The second-order valence-electron chi connectivity index (χ2n) is 9.38. The smallest absolute Gasteiger partial charge is 0.264 e. The van der Waals surface area contributed by atoms with Crippen molar-refractivity contribution in [2.24, 2.45) is 5.92 Å². The number of nitrogens with two attached hydrogens (primary N) is 1. The molecule has 0 aliphatic carbocycles. The van der Waals surface area contributed by atoms with Crippen molar-refractivity contribution in [2.75, 3.05) is 33.0 Å². The highest BCUT2D eigenvalue weighted by molar-refractivity contribution is 6.41. The Labute approximate surface area is 230 Å². The van der Waals surface area contributed by atoms with Crippen LogP contribution in [0.5, 0.6) is 23.0 Å². The van der Waals surface area contributed by atoms with Gasteiger partial charge in [0.05, 0.1) is 30.7 Å². The molecule has 1 saturated heterocycles. The van der Waals surface area contributed by atoms with Crippen molar-refractivity contribution in [1.82, 2.24) is 24.6 Å². The molecule has 0 bridgehead atoms. The molecular weight excluding hydrogens is 520 g/mol. The summed E-state index contributed by atoms with van der Waals surface area (Å²) in [4.78, 5) is 23.0. The van der Waals surface area contributed by atoms with Gasteiger partial charge in [0.15, 0.2) is 17.1 Å². The van der Waals surface area contributed by atoms with E-state index < -0.39 is 0 Å². The monoisotopic (exact) mass is 548 g/mol. The van der Waals surface area contributed by atoms with Crippen LogP contribution in [0.2, 0.25) is 0 Å². The van der Waals surface area contributed by atoms with Crippen molar-refractivity contribution in [3.8, 4) is 34.3 Å². The zero-order chi connectivity index (χ0) is 27.7. The summed E-state index contributed by atoms with van der Waals surface area (Å²) in [5, 5.41) is 5.61. The van der Waals surface area contributed by atoms with E-state index >= 15 is 0 Å². The molecule has 3 heterocycles. The van der Waals surface area contributed by atoms with E-state index in [1.54, 1.807) is 37.3 Å². The summed E-state index contributed by atoms with van der Waals surface area (Å²) in [6.45, 7) is 6.77. The molecule has 0 radical (unpaired) electrons. The molecule has 202 valence electrons. The molecule has 1 aliphatic heterocycles. The highest BCUT2D eigenvalue weighted by atomic mass is 35.5. The number of anilines is 1. The van der Waals surface area contributed by atoms with Gasteiger partial charge in [0, 0.05) is 24.7 Å². The van der Waals surface area contributed by atoms with E-state index in [-0.39, 0.29) is 22.9 Å². The predicted octanol–water partition coefficient (Wildman–Crippen LogP) is 5.05.